The minimum atomic E-state index is -0.524. The molecule has 0 fully saturated rings. The van der Waals surface area contributed by atoms with E-state index < -0.39 is 11.7 Å². The zero-order valence-electron chi connectivity index (χ0n) is 10.4. The summed E-state index contributed by atoms with van der Waals surface area (Å²) in [6.07, 6.45) is 1.04. The van der Waals surface area contributed by atoms with Crippen molar-refractivity contribution in [1.82, 2.24) is 5.32 Å². The third-order valence-electron chi connectivity index (χ3n) is 2.06. The number of hydrogen-bond donors (Lipinski definition) is 2. The summed E-state index contributed by atoms with van der Waals surface area (Å²) in [5.74, 6) is 0.390. The largest absolute Gasteiger partial charge is 0.469 e. The molecule has 1 amide bonds. The lowest BCUT2D eigenvalue weighted by molar-refractivity contribution is 0.0519. The van der Waals surface area contributed by atoms with Crippen LogP contribution in [0.1, 0.15) is 32.4 Å². The maximum absolute atomic E-state index is 11.4. The molecule has 0 saturated carbocycles. The summed E-state index contributed by atoms with van der Waals surface area (Å²) in [6.45, 7) is 5.57. The monoisotopic (exact) mass is 241 g/mol. The molecule has 0 spiro atoms. The second-order valence-corrected chi connectivity index (χ2v) is 4.78. The van der Waals surface area contributed by atoms with Gasteiger partial charge in [0.05, 0.1) is 18.8 Å². The minimum absolute atomic E-state index is 0.0939. The highest BCUT2D eigenvalue weighted by molar-refractivity contribution is 5.67. The van der Waals surface area contributed by atoms with Crippen molar-refractivity contribution in [2.75, 3.05) is 13.2 Å². The molecule has 1 atom stereocenters. The van der Waals surface area contributed by atoms with Gasteiger partial charge in [0.25, 0.3) is 0 Å². The predicted molar refractivity (Wildman–Crippen MR) is 62.8 cm³/mol. The fourth-order valence-corrected chi connectivity index (χ4v) is 1.30. The van der Waals surface area contributed by atoms with Crippen LogP contribution < -0.4 is 5.32 Å². The fourth-order valence-electron chi connectivity index (χ4n) is 1.30. The molecule has 0 saturated heterocycles. The van der Waals surface area contributed by atoms with Gasteiger partial charge < -0.3 is 19.6 Å². The van der Waals surface area contributed by atoms with Crippen LogP contribution in [0.3, 0.4) is 0 Å². The van der Waals surface area contributed by atoms with Crippen LogP contribution >= 0.6 is 0 Å². The van der Waals surface area contributed by atoms with E-state index in [1.54, 1.807) is 32.9 Å². The number of carbonyl (C=O) groups is 1. The second-order valence-electron chi connectivity index (χ2n) is 4.78. The first-order valence-electron chi connectivity index (χ1n) is 5.53. The van der Waals surface area contributed by atoms with Crippen molar-refractivity contribution in [3.8, 4) is 0 Å². The number of aliphatic hydroxyl groups is 1. The minimum Gasteiger partial charge on any atom is -0.469 e. The van der Waals surface area contributed by atoms with Gasteiger partial charge in [-0.1, -0.05) is 0 Å². The summed E-state index contributed by atoms with van der Waals surface area (Å²) in [7, 11) is 0. The number of rotatable bonds is 4. The zero-order valence-corrected chi connectivity index (χ0v) is 10.4. The molecule has 1 unspecified atom stereocenters. The molecule has 1 rings (SSSR count). The highest BCUT2D eigenvalue weighted by Crippen LogP contribution is 2.15. The van der Waals surface area contributed by atoms with E-state index in [0.717, 1.165) is 0 Å². The van der Waals surface area contributed by atoms with E-state index in [4.69, 9.17) is 9.15 Å². The van der Waals surface area contributed by atoms with Gasteiger partial charge in [0.2, 0.25) is 0 Å². The number of ether oxygens (including phenoxy) is 1. The molecule has 1 heterocycles. The maximum Gasteiger partial charge on any atom is 0.407 e. The third-order valence-corrected chi connectivity index (χ3v) is 2.06. The van der Waals surface area contributed by atoms with Crippen molar-refractivity contribution in [3.05, 3.63) is 24.2 Å². The van der Waals surface area contributed by atoms with Gasteiger partial charge in [0.15, 0.2) is 0 Å². The number of alkyl carbamates (subject to hydrolysis) is 1. The van der Waals surface area contributed by atoms with Crippen molar-refractivity contribution >= 4 is 6.09 Å². The summed E-state index contributed by atoms with van der Waals surface area (Å²) in [6, 6.07) is 3.50. The van der Waals surface area contributed by atoms with Gasteiger partial charge in [-0.25, -0.2) is 4.79 Å². The topological polar surface area (TPSA) is 71.7 Å². The van der Waals surface area contributed by atoms with E-state index in [1.807, 2.05) is 0 Å². The molecule has 1 aromatic heterocycles. The number of carbonyl (C=O) groups excluding carboxylic acids is 1. The van der Waals surface area contributed by atoms with Gasteiger partial charge >= 0.3 is 6.09 Å². The van der Waals surface area contributed by atoms with Gasteiger partial charge in [-0.05, 0) is 32.9 Å². The Morgan fingerprint density at radius 2 is 2.29 bits per heavy atom. The van der Waals surface area contributed by atoms with Crippen molar-refractivity contribution in [1.29, 1.82) is 0 Å². The first-order valence-corrected chi connectivity index (χ1v) is 5.53. The number of nitrogens with one attached hydrogen (secondary N) is 1. The van der Waals surface area contributed by atoms with Gasteiger partial charge in [-0.3, -0.25) is 0 Å². The molecule has 0 aliphatic heterocycles. The van der Waals surface area contributed by atoms with Crippen molar-refractivity contribution in [2.24, 2.45) is 0 Å². The third kappa shape index (κ3) is 4.91. The Labute approximate surface area is 101 Å². The van der Waals surface area contributed by atoms with Crippen LogP contribution in [0, 0.1) is 0 Å². The van der Waals surface area contributed by atoms with Crippen molar-refractivity contribution < 1.29 is 19.1 Å². The summed E-state index contributed by atoms with van der Waals surface area (Å²) >= 11 is 0. The zero-order chi connectivity index (χ0) is 12.9. The average Bonchev–Trinajstić information content (AvgIpc) is 2.69. The van der Waals surface area contributed by atoms with E-state index in [-0.39, 0.29) is 19.1 Å². The predicted octanol–water partition coefficient (Wildman–Crippen LogP) is 1.88. The molecule has 5 heteroatoms. The first kappa shape index (κ1) is 13.6. The Morgan fingerprint density at radius 3 is 2.76 bits per heavy atom. The highest BCUT2D eigenvalue weighted by Gasteiger charge is 2.18. The molecule has 0 aliphatic carbocycles. The Kier molecular flexibility index (Phi) is 4.57. The summed E-state index contributed by atoms with van der Waals surface area (Å²) in [5.41, 5.74) is -0.524. The Balaban J connectivity index is 2.41. The maximum atomic E-state index is 11.4. The molecular formula is C12H19NO4. The van der Waals surface area contributed by atoms with Crippen LogP contribution in [0.15, 0.2) is 22.8 Å². The molecule has 17 heavy (non-hydrogen) atoms. The molecular weight excluding hydrogens is 222 g/mol. The average molecular weight is 241 g/mol. The number of amides is 1. The van der Waals surface area contributed by atoms with E-state index in [2.05, 4.69) is 5.32 Å². The van der Waals surface area contributed by atoms with Crippen LogP contribution in [0.25, 0.3) is 0 Å². The van der Waals surface area contributed by atoms with E-state index in [0.29, 0.717) is 5.76 Å². The molecule has 5 nitrogen and oxygen atoms in total. The van der Waals surface area contributed by atoms with Crippen LogP contribution in [-0.2, 0) is 4.74 Å². The van der Waals surface area contributed by atoms with Crippen molar-refractivity contribution in [2.45, 2.75) is 32.3 Å². The summed E-state index contributed by atoms with van der Waals surface area (Å²) < 4.78 is 10.3. The Bertz CT molecular complexity index is 340. The second kappa shape index (κ2) is 5.72. The summed E-state index contributed by atoms with van der Waals surface area (Å²) in [5, 5.41) is 11.8. The fraction of sp³-hybridized carbons (Fsp3) is 0.583. The number of aliphatic hydroxyl groups excluding tert-OH is 1. The van der Waals surface area contributed by atoms with Crippen LogP contribution in [0.4, 0.5) is 4.79 Å². The molecule has 0 aromatic carbocycles. The number of furan rings is 1. The normalized spacial score (nSPS) is 13.2. The standard InChI is InChI=1S/C12H19NO4/c1-12(2,3)17-11(15)13-7-9(8-14)10-5-4-6-16-10/h4-6,9,14H,7-8H2,1-3H3,(H,13,15). The quantitative estimate of drug-likeness (QED) is 0.844. The lowest BCUT2D eigenvalue weighted by Crippen LogP contribution is -2.35. The lowest BCUT2D eigenvalue weighted by Gasteiger charge is -2.20. The van der Waals surface area contributed by atoms with E-state index >= 15 is 0 Å². The molecule has 0 aliphatic rings. The Morgan fingerprint density at radius 1 is 1.59 bits per heavy atom. The van der Waals surface area contributed by atoms with E-state index in [9.17, 15) is 9.90 Å². The van der Waals surface area contributed by atoms with Gasteiger partial charge in [-0.15, -0.1) is 0 Å². The molecule has 0 bridgehead atoms. The molecule has 1 aromatic rings. The van der Waals surface area contributed by atoms with Gasteiger partial charge in [0.1, 0.15) is 11.4 Å². The van der Waals surface area contributed by atoms with Gasteiger partial charge in [-0.2, -0.15) is 0 Å². The number of hydrogen-bond acceptors (Lipinski definition) is 4. The Hall–Kier alpha value is -1.49. The SMILES string of the molecule is CC(C)(C)OC(=O)NCC(CO)c1ccco1. The van der Waals surface area contributed by atoms with Crippen LogP contribution in [0.2, 0.25) is 0 Å². The highest BCUT2D eigenvalue weighted by atomic mass is 16.6. The smallest absolute Gasteiger partial charge is 0.407 e. The first-order chi connectivity index (χ1) is 7.92. The molecule has 2 N–H and O–H groups in total. The van der Waals surface area contributed by atoms with Crippen molar-refractivity contribution in [3.63, 3.8) is 0 Å². The summed E-state index contributed by atoms with van der Waals surface area (Å²) in [4.78, 5) is 11.4. The van der Waals surface area contributed by atoms with Crippen LogP contribution in [0.5, 0.6) is 0 Å². The van der Waals surface area contributed by atoms with Gasteiger partial charge in [0, 0.05) is 6.54 Å². The van der Waals surface area contributed by atoms with Crippen LogP contribution in [-0.4, -0.2) is 30.0 Å². The molecule has 0 radical (unpaired) electrons. The molecule has 96 valence electrons. The lowest BCUT2D eigenvalue weighted by atomic mass is 10.1. The van der Waals surface area contributed by atoms with E-state index in [1.165, 1.54) is 6.26 Å².